The number of hydrogen-bond donors (Lipinski definition) is 1. The largest absolute Gasteiger partial charge is 0.282 e. The minimum Gasteiger partial charge on any atom is -0.282 e. The number of hydrogen-bond acceptors (Lipinski definition) is 1. The Balaban J connectivity index is 1.90. The van der Waals surface area contributed by atoms with Crippen LogP contribution in [0.25, 0.3) is 0 Å². The van der Waals surface area contributed by atoms with Gasteiger partial charge in [0.15, 0.2) is 0 Å². The highest BCUT2D eigenvalue weighted by molar-refractivity contribution is 7.71. The Hall–Kier alpha value is -1.95. The van der Waals surface area contributed by atoms with E-state index in [0.29, 0.717) is 6.04 Å². The van der Waals surface area contributed by atoms with Crippen LogP contribution in [-0.2, 0) is 0 Å². The number of benzene rings is 3. The Kier molecular flexibility index (Phi) is 5.00. The fraction of sp³-hybridized carbons (Fsp3) is 0.100. The van der Waals surface area contributed by atoms with Crippen LogP contribution in [0.4, 0.5) is 0 Å². The Labute approximate surface area is 133 Å². The van der Waals surface area contributed by atoms with E-state index in [1.54, 1.807) is 0 Å². The summed E-state index contributed by atoms with van der Waals surface area (Å²) >= 11 is 0. The van der Waals surface area contributed by atoms with E-state index in [0.717, 1.165) is 0 Å². The summed E-state index contributed by atoms with van der Waals surface area (Å²) in [6.07, 6.45) is 0. The Morgan fingerprint density at radius 1 is 0.636 bits per heavy atom. The highest BCUT2D eigenvalue weighted by atomic mass is 31.1. The molecule has 0 fully saturated rings. The first kappa shape index (κ1) is 15.0. The van der Waals surface area contributed by atoms with Crippen molar-refractivity contribution in [3.63, 3.8) is 0 Å². The number of rotatable bonds is 5. The van der Waals surface area contributed by atoms with Gasteiger partial charge in [-0.05, 0) is 23.1 Å². The van der Waals surface area contributed by atoms with E-state index < -0.39 is 8.07 Å². The third-order valence-corrected chi connectivity index (χ3v) is 5.93. The molecule has 0 aliphatic rings. The lowest BCUT2D eigenvalue weighted by atomic mass is 10.1. The molecule has 110 valence electrons. The van der Waals surface area contributed by atoms with Gasteiger partial charge < -0.3 is 0 Å². The van der Waals surface area contributed by atoms with Crippen LogP contribution in [0, 0.1) is 0 Å². The van der Waals surface area contributed by atoms with E-state index >= 15 is 0 Å². The second kappa shape index (κ2) is 7.35. The van der Waals surface area contributed by atoms with Gasteiger partial charge in [-0.25, -0.2) is 0 Å². The molecule has 0 bridgehead atoms. The van der Waals surface area contributed by atoms with Crippen LogP contribution >= 0.6 is 8.07 Å². The van der Waals surface area contributed by atoms with E-state index in [-0.39, 0.29) is 0 Å². The fourth-order valence-electron chi connectivity index (χ4n) is 2.46. The molecular formula is C20H20NP. The van der Waals surface area contributed by atoms with Crippen molar-refractivity contribution in [3.05, 3.63) is 96.6 Å². The zero-order chi connectivity index (χ0) is 15.2. The summed E-state index contributed by atoms with van der Waals surface area (Å²) in [5, 5.41) is 6.54. The molecule has 0 aliphatic heterocycles. The van der Waals surface area contributed by atoms with Gasteiger partial charge in [0, 0.05) is 14.1 Å². The first-order valence-electron chi connectivity index (χ1n) is 7.56. The quantitative estimate of drug-likeness (QED) is 0.690. The van der Waals surface area contributed by atoms with Gasteiger partial charge in [0.25, 0.3) is 0 Å². The molecule has 0 radical (unpaired) electrons. The van der Waals surface area contributed by atoms with Gasteiger partial charge in [-0.1, -0.05) is 91.0 Å². The zero-order valence-electron chi connectivity index (χ0n) is 12.7. The van der Waals surface area contributed by atoms with Gasteiger partial charge in [-0.3, -0.25) is 5.09 Å². The predicted molar refractivity (Wildman–Crippen MR) is 97.1 cm³/mol. The minimum absolute atomic E-state index is 0.313. The zero-order valence-corrected chi connectivity index (χ0v) is 13.6. The van der Waals surface area contributed by atoms with Crippen molar-refractivity contribution in [1.29, 1.82) is 0 Å². The molecule has 0 spiro atoms. The first-order valence-corrected chi connectivity index (χ1v) is 8.90. The van der Waals surface area contributed by atoms with Crippen LogP contribution in [0.2, 0.25) is 0 Å². The van der Waals surface area contributed by atoms with Crippen molar-refractivity contribution in [3.8, 4) is 0 Å². The molecular weight excluding hydrogens is 285 g/mol. The highest BCUT2D eigenvalue weighted by Crippen LogP contribution is 2.32. The van der Waals surface area contributed by atoms with Crippen LogP contribution in [0.3, 0.4) is 0 Å². The molecule has 0 saturated heterocycles. The van der Waals surface area contributed by atoms with Gasteiger partial charge in [-0.15, -0.1) is 0 Å². The molecule has 3 aromatic carbocycles. The average Bonchev–Trinajstić information content (AvgIpc) is 2.62. The molecule has 0 aliphatic carbocycles. The smallest absolute Gasteiger partial charge is 0.0333 e. The molecule has 0 aromatic heterocycles. The van der Waals surface area contributed by atoms with Crippen LogP contribution in [-0.4, -0.2) is 0 Å². The first-order chi connectivity index (χ1) is 10.8. The van der Waals surface area contributed by atoms with Crippen LogP contribution < -0.4 is 15.7 Å². The molecule has 3 aromatic rings. The topological polar surface area (TPSA) is 12.0 Å². The van der Waals surface area contributed by atoms with Gasteiger partial charge in [0.1, 0.15) is 0 Å². The molecule has 1 N–H and O–H groups in total. The molecule has 22 heavy (non-hydrogen) atoms. The predicted octanol–water partition coefficient (Wildman–Crippen LogP) is 4.39. The van der Waals surface area contributed by atoms with Gasteiger partial charge in [-0.2, -0.15) is 0 Å². The standard InChI is InChI=1S/C20H20NP/c1-17(18-11-5-2-6-12-18)21-22(19-13-7-3-8-14-19)20-15-9-4-10-16-20/h2-17,21H,1H3/t17-/m0/s1. The summed E-state index contributed by atoms with van der Waals surface area (Å²) in [7, 11) is -0.564. The molecule has 0 unspecified atom stereocenters. The van der Waals surface area contributed by atoms with Crippen LogP contribution in [0.15, 0.2) is 91.0 Å². The summed E-state index contributed by atoms with van der Waals surface area (Å²) in [4.78, 5) is 0. The second-order valence-electron chi connectivity index (χ2n) is 5.27. The lowest BCUT2D eigenvalue weighted by molar-refractivity contribution is 0.749. The normalized spacial score (nSPS) is 12.3. The number of nitrogens with one attached hydrogen (secondary N) is 1. The maximum absolute atomic E-state index is 3.83. The van der Waals surface area contributed by atoms with Crippen molar-refractivity contribution in [2.75, 3.05) is 0 Å². The summed E-state index contributed by atoms with van der Waals surface area (Å²) in [5.74, 6) is 0. The third-order valence-electron chi connectivity index (χ3n) is 3.65. The van der Waals surface area contributed by atoms with E-state index in [9.17, 15) is 0 Å². The Morgan fingerprint density at radius 3 is 1.50 bits per heavy atom. The molecule has 0 saturated carbocycles. The molecule has 3 rings (SSSR count). The van der Waals surface area contributed by atoms with Gasteiger partial charge >= 0.3 is 0 Å². The van der Waals surface area contributed by atoms with E-state index in [2.05, 4.69) is 103 Å². The van der Waals surface area contributed by atoms with Gasteiger partial charge in [0.05, 0.1) is 0 Å². The van der Waals surface area contributed by atoms with E-state index in [4.69, 9.17) is 0 Å². The minimum atomic E-state index is -0.564. The SMILES string of the molecule is C[C@H](NP(c1ccccc1)c1ccccc1)c1ccccc1. The van der Waals surface area contributed by atoms with Crippen LogP contribution in [0.1, 0.15) is 18.5 Å². The van der Waals surface area contributed by atoms with Crippen molar-refractivity contribution in [1.82, 2.24) is 5.09 Å². The second-order valence-corrected chi connectivity index (χ2v) is 7.23. The van der Waals surface area contributed by atoms with Crippen molar-refractivity contribution >= 4 is 18.7 Å². The molecule has 1 nitrogen and oxygen atoms in total. The maximum atomic E-state index is 3.83. The Bertz CT molecular complexity index is 643. The average molecular weight is 305 g/mol. The van der Waals surface area contributed by atoms with Crippen molar-refractivity contribution in [2.24, 2.45) is 0 Å². The van der Waals surface area contributed by atoms with Gasteiger partial charge in [0.2, 0.25) is 0 Å². The molecule has 0 heterocycles. The monoisotopic (exact) mass is 305 g/mol. The van der Waals surface area contributed by atoms with E-state index in [1.165, 1.54) is 16.2 Å². The summed E-state index contributed by atoms with van der Waals surface area (Å²) in [6, 6.07) is 32.4. The molecule has 1 atom stereocenters. The third kappa shape index (κ3) is 3.62. The lowest BCUT2D eigenvalue weighted by Gasteiger charge is -2.24. The Morgan fingerprint density at radius 2 is 1.05 bits per heavy atom. The molecule has 0 amide bonds. The maximum Gasteiger partial charge on any atom is 0.0333 e. The lowest BCUT2D eigenvalue weighted by Crippen LogP contribution is -2.25. The summed E-state index contributed by atoms with van der Waals surface area (Å²) < 4.78 is 0. The fourth-order valence-corrected chi connectivity index (χ4v) is 4.54. The summed E-state index contributed by atoms with van der Waals surface area (Å²) in [5.41, 5.74) is 1.32. The highest BCUT2D eigenvalue weighted by Gasteiger charge is 2.16. The van der Waals surface area contributed by atoms with E-state index in [1.807, 2.05) is 0 Å². The van der Waals surface area contributed by atoms with Crippen LogP contribution in [0.5, 0.6) is 0 Å². The van der Waals surface area contributed by atoms with Crippen molar-refractivity contribution in [2.45, 2.75) is 13.0 Å². The molecule has 2 heteroatoms. The van der Waals surface area contributed by atoms with Crippen molar-refractivity contribution < 1.29 is 0 Å². The summed E-state index contributed by atoms with van der Waals surface area (Å²) in [6.45, 7) is 2.23.